The van der Waals surface area contributed by atoms with E-state index in [1.807, 2.05) is 27.7 Å². The monoisotopic (exact) mass is 243 g/mol. The molecule has 0 aliphatic rings. The van der Waals surface area contributed by atoms with Crippen LogP contribution in [0.25, 0.3) is 0 Å². The van der Waals surface area contributed by atoms with E-state index >= 15 is 0 Å². The van der Waals surface area contributed by atoms with Gasteiger partial charge in [0.15, 0.2) is 0 Å². The van der Waals surface area contributed by atoms with Crippen molar-refractivity contribution in [1.82, 2.24) is 4.90 Å². The first-order valence-corrected chi connectivity index (χ1v) is 6.06. The van der Waals surface area contributed by atoms with Gasteiger partial charge in [-0.15, -0.1) is 0 Å². The molecule has 5 heteroatoms. The predicted octanol–water partition coefficient (Wildman–Crippen LogP) is 0.187. The quantitative estimate of drug-likeness (QED) is 0.668. The van der Waals surface area contributed by atoms with E-state index in [4.69, 9.17) is 11.5 Å². The number of nitrogens with two attached hydrogens (primary N) is 2. The highest BCUT2D eigenvalue weighted by molar-refractivity contribution is 5.85. The molecule has 0 rings (SSSR count). The molecule has 0 heterocycles. The van der Waals surface area contributed by atoms with Crippen molar-refractivity contribution < 1.29 is 9.59 Å². The first-order chi connectivity index (χ1) is 7.79. The van der Waals surface area contributed by atoms with Crippen LogP contribution in [0.15, 0.2) is 0 Å². The van der Waals surface area contributed by atoms with Gasteiger partial charge in [-0.05, 0) is 11.8 Å². The minimum atomic E-state index is -0.487. The van der Waals surface area contributed by atoms with Crippen LogP contribution in [0.2, 0.25) is 0 Å². The van der Waals surface area contributed by atoms with Crippen molar-refractivity contribution >= 4 is 11.8 Å². The van der Waals surface area contributed by atoms with Crippen LogP contribution in [0.1, 0.15) is 27.7 Å². The minimum Gasteiger partial charge on any atom is -0.368 e. The van der Waals surface area contributed by atoms with E-state index in [9.17, 15) is 9.59 Å². The topological polar surface area (TPSA) is 89.4 Å². The summed E-state index contributed by atoms with van der Waals surface area (Å²) in [5.41, 5.74) is 10.8. The van der Waals surface area contributed by atoms with E-state index in [1.54, 1.807) is 0 Å². The Morgan fingerprint density at radius 2 is 1.71 bits per heavy atom. The Bertz CT molecular complexity index is 264. The number of carbonyl (C=O) groups is 2. The molecule has 0 fully saturated rings. The van der Waals surface area contributed by atoms with Gasteiger partial charge in [0.05, 0.1) is 12.5 Å². The van der Waals surface area contributed by atoms with Gasteiger partial charge in [0.1, 0.15) is 0 Å². The number of amides is 2. The molecule has 0 aromatic carbocycles. The lowest BCUT2D eigenvalue weighted by Gasteiger charge is -2.29. The fourth-order valence-electron chi connectivity index (χ4n) is 1.75. The molecule has 2 amide bonds. The second-order valence-electron chi connectivity index (χ2n) is 5.17. The summed E-state index contributed by atoms with van der Waals surface area (Å²) >= 11 is 0. The van der Waals surface area contributed by atoms with Gasteiger partial charge >= 0.3 is 0 Å². The van der Waals surface area contributed by atoms with E-state index in [2.05, 4.69) is 0 Å². The lowest BCUT2D eigenvalue weighted by molar-refractivity contribution is -0.140. The van der Waals surface area contributed by atoms with Gasteiger partial charge in [-0.3, -0.25) is 9.59 Å². The van der Waals surface area contributed by atoms with Crippen LogP contribution in [0, 0.1) is 17.8 Å². The van der Waals surface area contributed by atoms with Gasteiger partial charge < -0.3 is 16.4 Å². The second-order valence-corrected chi connectivity index (χ2v) is 5.17. The second kappa shape index (κ2) is 7.27. The SMILES string of the molecule is CC(C)CN(CC(N)=O)C(=O)C(CN)C(C)C. The molecule has 1 atom stereocenters. The maximum Gasteiger partial charge on any atom is 0.237 e. The number of nitrogens with zero attached hydrogens (tertiary/aromatic N) is 1. The lowest BCUT2D eigenvalue weighted by Crippen LogP contribution is -2.46. The van der Waals surface area contributed by atoms with Gasteiger partial charge in [-0.2, -0.15) is 0 Å². The van der Waals surface area contributed by atoms with E-state index in [0.29, 0.717) is 19.0 Å². The van der Waals surface area contributed by atoms with Crippen molar-refractivity contribution in [2.24, 2.45) is 29.2 Å². The Balaban J connectivity index is 4.76. The van der Waals surface area contributed by atoms with Crippen LogP contribution in [0.4, 0.5) is 0 Å². The van der Waals surface area contributed by atoms with Crippen molar-refractivity contribution in [3.05, 3.63) is 0 Å². The summed E-state index contributed by atoms with van der Waals surface area (Å²) in [6.45, 7) is 8.69. The molecule has 17 heavy (non-hydrogen) atoms. The molecule has 0 spiro atoms. The average Bonchev–Trinajstić information content (AvgIpc) is 2.15. The highest BCUT2D eigenvalue weighted by Crippen LogP contribution is 2.14. The fraction of sp³-hybridized carbons (Fsp3) is 0.833. The van der Waals surface area contributed by atoms with E-state index < -0.39 is 5.91 Å². The smallest absolute Gasteiger partial charge is 0.237 e. The van der Waals surface area contributed by atoms with Crippen molar-refractivity contribution in [3.63, 3.8) is 0 Å². The molecule has 100 valence electrons. The van der Waals surface area contributed by atoms with Gasteiger partial charge in [-0.1, -0.05) is 27.7 Å². The Morgan fingerprint density at radius 3 is 2.00 bits per heavy atom. The normalized spacial score (nSPS) is 12.9. The highest BCUT2D eigenvalue weighted by Gasteiger charge is 2.27. The van der Waals surface area contributed by atoms with Crippen LogP contribution < -0.4 is 11.5 Å². The molecular weight excluding hydrogens is 218 g/mol. The Labute approximate surface area is 104 Å². The molecule has 4 N–H and O–H groups in total. The minimum absolute atomic E-state index is 0.0275. The first kappa shape index (κ1) is 15.9. The Kier molecular flexibility index (Phi) is 6.80. The lowest BCUT2D eigenvalue weighted by atomic mass is 9.94. The molecule has 0 aliphatic heterocycles. The Morgan fingerprint density at radius 1 is 1.18 bits per heavy atom. The summed E-state index contributed by atoms with van der Waals surface area (Å²) < 4.78 is 0. The number of carbonyl (C=O) groups excluding carboxylic acids is 2. The maximum atomic E-state index is 12.2. The van der Waals surface area contributed by atoms with Crippen molar-refractivity contribution in [2.75, 3.05) is 19.6 Å². The van der Waals surface area contributed by atoms with Crippen LogP contribution in [-0.4, -0.2) is 36.3 Å². The summed E-state index contributed by atoms with van der Waals surface area (Å²) in [5, 5.41) is 0. The standard InChI is InChI=1S/C12H25N3O2/c1-8(2)6-15(7-11(14)16)12(17)10(5-13)9(3)4/h8-10H,5-7,13H2,1-4H3,(H2,14,16). The molecule has 0 radical (unpaired) electrons. The van der Waals surface area contributed by atoms with Gasteiger partial charge in [-0.25, -0.2) is 0 Å². The van der Waals surface area contributed by atoms with Crippen LogP contribution in [0.5, 0.6) is 0 Å². The zero-order valence-corrected chi connectivity index (χ0v) is 11.3. The van der Waals surface area contributed by atoms with Crippen LogP contribution in [0.3, 0.4) is 0 Å². The molecule has 0 aromatic heterocycles. The molecular formula is C12H25N3O2. The van der Waals surface area contributed by atoms with E-state index in [-0.39, 0.29) is 24.3 Å². The third-order valence-electron chi connectivity index (χ3n) is 2.62. The molecule has 0 aliphatic carbocycles. The summed E-state index contributed by atoms with van der Waals surface area (Å²) in [6.07, 6.45) is 0. The molecule has 0 bridgehead atoms. The van der Waals surface area contributed by atoms with Crippen molar-refractivity contribution in [2.45, 2.75) is 27.7 Å². The van der Waals surface area contributed by atoms with Crippen LogP contribution >= 0.6 is 0 Å². The zero-order valence-electron chi connectivity index (χ0n) is 11.3. The van der Waals surface area contributed by atoms with E-state index in [0.717, 1.165) is 0 Å². The first-order valence-electron chi connectivity index (χ1n) is 6.06. The third kappa shape index (κ3) is 5.68. The number of hydrogen-bond acceptors (Lipinski definition) is 3. The summed E-state index contributed by atoms with van der Waals surface area (Å²) in [7, 11) is 0. The largest absolute Gasteiger partial charge is 0.368 e. The molecule has 5 nitrogen and oxygen atoms in total. The molecule has 0 saturated heterocycles. The van der Waals surface area contributed by atoms with E-state index in [1.165, 1.54) is 4.90 Å². The number of rotatable bonds is 7. The predicted molar refractivity (Wildman–Crippen MR) is 68.0 cm³/mol. The van der Waals surface area contributed by atoms with Gasteiger partial charge in [0.2, 0.25) is 11.8 Å². The third-order valence-corrected chi connectivity index (χ3v) is 2.62. The average molecular weight is 243 g/mol. The van der Waals surface area contributed by atoms with Gasteiger partial charge in [0.25, 0.3) is 0 Å². The maximum absolute atomic E-state index is 12.2. The Hall–Kier alpha value is -1.10. The summed E-state index contributed by atoms with van der Waals surface area (Å²) in [6, 6.07) is 0. The zero-order chi connectivity index (χ0) is 13.6. The van der Waals surface area contributed by atoms with Crippen LogP contribution in [-0.2, 0) is 9.59 Å². The summed E-state index contributed by atoms with van der Waals surface area (Å²) in [5.74, 6) is -0.347. The number of hydrogen-bond donors (Lipinski definition) is 2. The number of primary amides is 1. The molecule has 0 saturated carbocycles. The fourth-order valence-corrected chi connectivity index (χ4v) is 1.75. The highest BCUT2D eigenvalue weighted by atomic mass is 16.2. The summed E-state index contributed by atoms with van der Waals surface area (Å²) in [4.78, 5) is 24.7. The van der Waals surface area contributed by atoms with Crippen molar-refractivity contribution in [1.29, 1.82) is 0 Å². The molecule has 0 aromatic rings. The molecule has 1 unspecified atom stereocenters. The van der Waals surface area contributed by atoms with Gasteiger partial charge in [0, 0.05) is 13.1 Å². The van der Waals surface area contributed by atoms with Crippen molar-refractivity contribution in [3.8, 4) is 0 Å².